The number of nitrogens with one attached hydrogen (secondary N) is 2. The van der Waals surface area contributed by atoms with E-state index in [9.17, 15) is 9.90 Å². The fourth-order valence-electron chi connectivity index (χ4n) is 2.59. The molecule has 130 valence electrons. The number of benzene rings is 1. The van der Waals surface area contributed by atoms with Crippen LogP contribution in [0.15, 0.2) is 36.7 Å². The molecule has 7 heteroatoms. The van der Waals surface area contributed by atoms with Gasteiger partial charge in [-0.25, -0.2) is 4.98 Å². The minimum absolute atomic E-state index is 0.0826. The van der Waals surface area contributed by atoms with E-state index in [0.717, 1.165) is 18.4 Å². The van der Waals surface area contributed by atoms with Crippen molar-refractivity contribution in [2.24, 2.45) is 0 Å². The molecule has 0 atom stereocenters. The quantitative estimate of drug-likeness (QED) is 0.597. The van der Waals surface area contributed by atoms with Crippen molar-refractivity contribution < 1.29 is 9.90 Å². The summed E-state index contributed by atoms with van der Waals surface area (Å²) in [4.78, 5) is 25.6. The van der Waals surface area contributed by atoms with Gasteiger partial charge in [-0.3, -0.25) is 9.78 Å². The summed E-state index contributed by atoms with van der Waals surface area (Å²) in [5.74, 6) is 0.419. The van der Waals surface area contributed by atoms with Crippen molar-refractivity contribution in [1.82, 2.24) is 25.2 Å². The molecule has 0 saturated heterocycles. The molecule has 1 amide bonds. The molecule has 3 N–H and O–H groups in total. The Morgan fingerprint density at radius 1 is 1.32 bits per heavy atom. The van der Waals surface area contributed by atoms with Crippen LogP contribution in [0.5, 0.6) is 5.75 Å². The second-order valence-electron chi connectivity index (χ2n) is 6.13. The molecule has 0 aliphatic heterocycles. The Labute approximate surface area is 145 Å². The van der Waals surface area contributed by atoms with Gasteiger partial charge in [-0.05, 0) is 45.3 Å². The van der Waals surface area contributed by atoms with Crippen LogP contribution < -0.4 is 5.32 Å². The normalized spacial score (nSPS) is 11.2. The van der Waals surface area contributed by atoms with Crippen LogP contribution in [-0.2, 0) is 0 Å². The number of hydrogen-bond acceptors (Lipinski definition) is 5. The molecule has 0 unspecified atom stereocenters. The summed E-state index contributed by atoms with van der Waals surface area (Å²) in [6.07, 6.45) is 4.01. The molecule has 3 rings (SSSR count). The van der Waals surface area contributed by atoms with Gasteiger partial charge in [0.25, 0.3) is 5.91 Å². The lowest BCUT2D eigenvalue weighted by molar-refractivity contribution is 0.0948. The topological polar surface area (TPSA) is 94.1 Å². The van der Waals surface area contributed by atoms with Crippen LogP contribution in [-0.4, -0.2) is 58.1 Å². The fourth-order valence-corrected chi connectivity index (χ4v) is 2.59. The molecule has 0 aliphatic carbocycles. The Morgan fingerprint density at radius 2 is 2.16 bits per heavy atom. The van der Waals surface area contributed by atoms with E-state index in [4.69, 9.17) is 0 Å². The van der Waals surface area contributed by atoms with E-state index in [-0.39, 0.29) is 11.7 Å². The average molecular weight is 339 g/mol. The third-order valence-corrected chi connectivity index (χ3v) is 3.85. The lowest BCUT2D eigenvalue weighted by Crippen LogP contribution is -2.27. The number of nitrogens with zero attached hydrogens (tertiary/aromatic N) is 3. The summed E-state index contributed by atoms with van der Waals surface area (Å²) >= 11 is 0. The highest BCUT2D eigenvalue weighted by Gasteiger charge is 2.12. The van der Waals surface area contributed by atoms with Gasteiger partial charge in [0.05, 0.1) is 6.20 Å². The minimum atomic E-state index is -0.191. The molecular weight excluding hydrogens is 318 g/mol. The van der Waals surface area contributed by atoms with Crippen molar-refractivity contribution in [2.45, 2.75) is 6.42 Å². The van der Waals surface area contributed by atoms with Gasteiger partial charge in [0.1, 0.15) is 22.8 Å². The smallest absolute Gasteiger partial charge is 0.269 e. The van der Waals surface area contributed by atoms with Gasteiger partial charge in [-0.2, -0.15) is 0 Å². The predicted octanol–water partition coefficient (Wildman–Crippen LogP) is 2.01. The van der Waals surface area contributed by atoms with Crippen molar-refractivity contribution >= 4 is 16.8 Å². The number of fused-ring (bicyclic) bond motifs is 1. The number of imidazole rings is 1. The maximum atomic E-state index is 12.2. The van der Waals surface area contributed by atoms with Crippen LogP contribution in [0.3, 0.4) is 0 Å². The largest absolute Gasteiger partial charge is 0.506 e. The zero-order chi connectivity index (χ0) is 17.8. The van der Waals surface area contributed by atoms with Gasteiger partial charge in [-0.15, -0.1) is 0 Å². The van der Waals surface area contributed by atoms with E-state index in [1.54, 1.807) is 18.3 Å². The maximum Gasteiger partial charge on any atom is 0.269 e. The molecular formula is C18H21N5O2. The summed E-state index contributed by atoms with van der Waals surface area (Å²) in [7, 11) is 4.00. The number of amides is 1. The molecule has 3 aromatic rings. The van der Waals surface area contributed by atoms with Gasteiger partial charge in [0, 0.05) is 23.7 Å². The van der Waals surface area contributed by atoms with Crippen LogP contribution in [0, 0.1) is 0 Å². The molecule has 0 aliphatic rings. The van der Waals surface area contributed by atoms with Crippen molar-refractivity contribution in [3.8, 4) is 17.1 Å². The number of H-pyrrole nitrogens is 1. The summed E-state index contributed by atoms with van der Waals surface area (Å²) in [6, 6.07) is 7.14. The summed E-state index contributed by atoms with van der Waals surface area (Å²) < 4.78 is 0. The SMILES string of the molecule is CN(C)CCCNC(=O)c1cnc(-c2cc(O)c3ncccc3c2)[nH]1. The highest BCUT2D eigenvalue weighted by Crippen LogP contribution is 2.28. The van der Waals surface area contributed by atoms with Gasteiger partial charge in [0.2, 0.25) is 0 Å². The fraction of sp³-hybridized carbons (Fsp3) is 0.278. The number of hydrogen-bond donors (Lipinski definition) is 3. The van der Waals surface area contributed by atoms with Gasteiger partial charge < -0.3 is 20.3 Å². The summed E-state index contributed by atoms with van der Waals surface area (Å²) in [6.45, 7) is 1.52. The predicted molar refractivity (Wildman–Crippen MR) is 96.5 cm³/mol. The van der Waals surface area contributed by atoms with Crippen LogP contribution in [0.25, 0.3) is 22.3 Å². The number of phenols is 1. The Hall–Kier alpha value is -2.93. The second kappa shape index (κ2) is 7.31. The Morgan fingerprint density at radius 3 is 2.96 bits per heavy atom. The van der Waals surface area contributed by atoms with Crippen LogP contribution in [0.2, 0.25) is 0 Å². The first-order valence-electron chi connectivity index (χ1n) is 8.10. The Balaban J connectivity index is 1.74. The standard InChI is InChI=1S/C18H21N5O2/c1-23(2)8-4-7-20-18(25)14-11-21-17(22-14)13-9-12-5-3-6-19-16(12)15(24)10-13/h3,5-6,9-11,24H,4,7-8H2,1-2H3,(H,20,25)(H,21,22). The zero-order valence-corrected chi connectivity index (χ0v) is 14.3. The summed E-state index contributed by atoms with van der Waals surface area (Å²) in [5, 5.41) is 13.8. The van der Waals surface area contributed by atoms with Gasteiger partial charge in [0.15, 0.2) is 0 Å². The van der Waals surface area contributed by atoms with Crippen molar-refractivity contribution in [1.29, 1.82) is 0 Å². The van der Waals surface area contributed by atoms with Crippen LogP contribution >= 0.6 is 0 Å². The Kier molecular flexibility index (Phi) is 4.95. The van der Waals surface area contributed by atoms with E-state index in [0.29, 0.717) is 29.1 Å². The average Bonchev–Trinajstić information content (AvgIpc) is 3.08. The Bertz CT molecular complexity index is 888. The first-order valence-corrected chi connectivity index (χ1v) is 8.10. The summed E-state index contributed by atoms with van der Waals surface area (Å²) in [5.41, 5.74) is 1.63. The van der Waals surface area contributed by atoms with E-state index < -0.39 is 0 Å². The molecule has 2 heterocycles. The lowest BCUT2D eigenvalue weighted by Gasteiger charge is -2.09. The molecule has 0 radical (unpaired) electrons. The van der Waals surface area contributed by atoms with Crippen molar-refractivity contribution in [2.75, 3.05) is 27.2 Å². The highest BCUT2D eigenvalue weighted by atomic mass is 16.3. The number of phenolic OH excluding ortho intramolecular Hbond substituents is 1. The van der Waals surface area contributed by atoms with Crippen molar-refractivity contribution in [3.63, 3.8) is 0 Å². The number of carbonyl (C=O) groups excluding carboxylic acids is 1. The van der Waals surface area contributed by atoms with E-state index in [2.05, 4.69) is 25.2 Å². The van der Waals surface area contributed by atoms with E-state index in [1.165, 1.54) is 6.20 Å². The molecule has 0 fully saturated rings. The third-order valence-electron chi connectivity index (χ3n) is 3.85. The molecule has 0 saturated carbocycles. The number of aromatic hydroxyl groups is 1. The van der Waals surface area contributed by atoms with E-state index in [1.807, 2.05) is 26.2 Å². The van der Waals surface area contributed by atoms with Crippen molar-refractivity contribution in [3.05, 3.63) is 42.4 Å². The molecule has 0 bridgehead atoms. The third kappa shape index (κ3) is 3.95. The number of aromatic nitrogens is 3. The monoisotopic (exact) mass is 339 g/mol. The van der Waals surface area contributed by atoms with Gasteiger partial charge in [-0.1, -0.05) is 6.07 Å². The molecule has 0 spiro atoms. The van der Waals surface area contributed by atoms with Crippen LogP contribution in [0.1, 0.15) is 16.9 Å². The molecule has 2 aromatic heterocycles. The zero-order valence-electron chi connectivity index (χ0n) is 14.3. The molecule has 1 aromatic carbocycles. The molecule has 25 heavy (non-hydrogen) atoms. The molecule has 7 nitrogen and oxygen atoms in total. The number of rotatable bonds is 6. The first-order chi connectivity index (χ1) is 12.0. The van der Waals surface area contributed by atoms with E-state index >= 15 is 0 Å². The minimum Gasteiger partial charge on any atom is -0.506 e. The first kappa shape index (κ1) is 16.9. The number of aromatic amines is 1. The van der Waals surface area contributed by atoms with Crippen LogP contribution in [0.4, 0.5) is 0 Å². The highest BCUT2D eigenvalue weighted by molar-refractivity contribution is 5.93. The maximum absolute atomic E-state index is 12.2. The lowest BCUT2D eigenvalue weighted by atomic mass is 10.1. The number of carbonyl (C=O) groups is 1. The second-order valence-corrected chi connectivity index (χ2v) is 6.13. The number of pyridine rings is 1. The van der Waals surface area contributed by atoms with Gasteiger partial charge >= 0.3 is 0 Å².